The Balaban J connectivity index is 1.92. The van der Waals surface area contributed by atoms with Crippen LogP contribution in [0.2, 0.25) is 0 Å². The molecule has 1 aromatic carbocycles. The number of thioether (sulfide) groups is 1. The highest BCUT2D eigenvalue weighted by molar-refractivity contribution is 7.99. The van der Waals surface area contributed by atoms with Gasteiger partial charge in [0.15, 0.2) is 6.61 Å². The molecular weight excluding hydrogens is 369 g/mol. The van der Waals surface area contributed by atoms with Crippen molar-refractivity contribution in [1.82, 2.24) is 9.88 Å². The van der Waals surface area contributed by atoms with E-state index in [4.69, 9.17) is 4.74 Å². The van der Waals surface area contributed by atoms with Gasteiger partial charge in [-0.25, -0.2) is 14.2 Å². The zero-order valence-corrected chi connectivity index (χ0v) is 14.5. The molecule has 1 heterocycles. The van der Waals surface area contributed by atoms with Gasteiger partial charge in [0, 0.05) is 19.8 Å². The number of amides is 1. The quantitative estimate of drug-likeness (QED) is 0.541. The van der Waals surface area contributed by atoms with Gasteiger partial charge in [-0.3, -0.25) is 4.79 Å². The molecule has 0 aliphatic heterocycles. The number of carbonyl (C=O) groups is 2. The fourth-order valence-corrected chi connectivity index (χ4v) is 2.56. The standard InChI is InChI=1S/C17H15F3N2O3S/c1-22(9-11-4-6-12(18)7-5-11)14(23)10-25-16(24)13-3-2-8-21-15(13)26-17(19)20/h2-8,17H,9-10H2,1H3. The predicted molar refractivity (Wildman–Crippen MR) is 89.3 cm³/mol. The molecule has 0 unspecified atom stereocenters. The number of nitrogens with zero attached hydrogens (tertiary/aromatic N) is 2. The Morgan fingerprint density at radius 2 is 1.92 bits per heavy atom. The number of esters is 1. The Morgan fingerprint density at radius 1 is 1.23 bits per heavy atom. The summed E-state index contributed by atoms with van der Waals surface area (Å²) < 4.78 is 42.8. The fraction of sp³-hybridized carbons (Fsp3) is 0.235. The van der Waals surface area contributed by atoms with E-state index in [2.05, 4.69) is 4.98 Å². The number of rotatable bonds is 7. The van der Waals surface area contributed by atoms with E-state index in [1.54, 1.807) is 0 Å². The summed E-state index contributed by atoms with van der Waals surface area (Å²) in [6, 6.07) is 8.33. The molecule has 9 heteroatoms. The lowest BCUT2D eigenvalue weighted by atomic mass is 10.2. The van der Waals surface area contributed by atoms with Crippen LogP contribution in [0.1, 0.15) is 15.9 Å². The molecule has 5 nitrogen and oxygen atoms in total. The van der Waals surface area contributed by atoms with Crippen LogP contribution >= 0.6 is 11.8 Å². The minimum absolute atomic E-state index is 0.126. The van der Waals surface area contributed by atoms with Crippen molar-refractivity contribution in [2.24, 2.45) is 0 Å². The van der Waals surface area contributed by atoms with Crippen LogP contribution in [0.3, 0.4) is 0 Å². The summed E-state index contributed by atoms with van der Waals surface area (Å²) >= 11 is 0.126. The maximum atomic E-state index is 12.9. The van der Waals surface area contributed by atoms with E-state index in [-0.39, 0.29) is 34.7 Å². The highest BCUT2D eigenvalue weighted by Crippen LogP contribution is 2.26. The number of ether oxygens (including phenoxy) is 1. The minimum Gasteiger partial charge on any atom is -0.452 e. The van der Waals surface area contributed by atoms with Crippen LogP contribution in [0.4, 0.5) is 13.2 Å². The van der Waals surface area contributed by atoms with Crippen molar-refractivity contribution in [3.05, 3.63) is 59.5 Å². The van der Waals surface area contributed by atoms with Gasteiger partial charge < -0.3 is 9.64 Å². The van der Waals surface area contributed by atoms with Crippen LogP contribution in [0.25, 0.3) is 0 Å². The van der Waals surface area contributed by atoms with E-state index in [0.29, 0.717) is 5.56 Å². The van der Waals surface area contributed by atoms with Crippen LogP contribution in [0, 0.1) is 5.82 Å². The van der Waals surface area contributed by atoms with Crippen molar-refractivity contribution in [3.63, 3.8) is 0 Å². The zero-order chi connectivity index (χ0) is 19.1. The van der Waals surface area contributed by atoms with Crippen molar-refractivity contribution >= 4 is 23.6 Å². The number of pyridine rings is 1. The number of hydrogen-bond acceptors (Lipinski definition) is 5. The Hall–Kier alpha value is -2.55. The van der Waals surface area contributed by atoms with Crippen LogP contribution in [0.5, 0.6) is 0 Å². The molecule has 2 aromatic rings. The molecule has 0 N–H and O–H groups in total. The van der Waals surface area contributed by atoms with Crippen LogP contribution in [-0.2, 0) is 16.1 Å². The van der Waals surface area contributed by atoms with E-state index in [1.807, 2.05) is 0 Å². The Morgan fingerprint density at radius 3 is 2.58 bits per heavy atom. The molecule has 1 amide bonds. The van der Waals surface area contributed by atoms with Gasteiger partial charge >= 0.3 is 5.97 Å². The van der Waals surface area contributed by atoms with Crippen molar-refractivity contribution in [1.29, 1.82) is 0 Å². The molecule has 1 aromatic heterocycles. The second-order valence-corrected chi connectivity index (χ2v) is 6.17. The second-order valence-electron chi connectivity index (χ2n) is 5.19. The van der Waals surface area contributed by atoms with Crippen LogP contribution in [0.15, 0.2) is 47.6 Å². The summed E-state index contributed by atoms with van der Waals surface area (Å²) in [6.45, 7) is -0.347. The molecule has 26 heavy (non-hydrogen) atoms. The van der Waals surface area contributed by atoms with E-state index < -0.39 is 24.2 Å². The first-order chi connectivity index (χ1) is 12.4. The summed E-state index contributed by atoms with van der Waals surface area (Å²) in [5.41, 5.74) is 0.572. The zero-order valence-electron chi connectivity index (χ0n) is 13.7. The van der Waals surface area contributed by atoms with Crippen molar-refractivity contribution < 1.29 is 27.5 Å². The second kappa shape index (κ2) is 9.23. The highest BCUT2D eigenvalue weighted by atomic mass is 32.2. The number of likely N-dealkylation sites (N-methyl/N-ethyl adjacent to an activating group) is 1. The first kappa shape index (κ1) is 19.8. The number of hydrogen-bond donors (Lipinski definition) is 0. The lowest BCUT2D eigenvalue weighted by molar-refractivity contribution is -0.133. The molecule has 0 aliphatic rings. The molecule has 0 saturated heterocycles. The summed E-state index contributed by atoms with van der Waals surface area (Å²) in [6.07, 6.45) is 1.28. The number of halogens is 3. The minimum atomic E-state index is -2.74. The third kappa shape index (κ3) is 5.76. The molecule has 2 rings (SSSR count). The first-order valence-electron chi connectivity index (χ1n) is 7.42. The van der Waals surface area contributed by atoms with Gasteiger partial charge in [-0.1, -0.05) is 12.1 Å². The molecule has 0 fully saturated rings. The van der Waals surface area contributed by atoms with Crippen LogP contribution < -0.4 is 0 Å². The first-order valence-corrected chi connectivity index (χ1v) is 8.30. The van der Waals surface area contributed by atoms with E-state index in [0.717, 1.165) is 0 Å². The van der Waals surface area contributed by atoms with Gasteiger partial charge in [0.2, 0.25) is 0 Å². The number of aromatic nitrogens is 1. The Labute approximate surface area is 152 Å². The molecular formula is C17H15F3N2O3S. The molecule has 0 radical (unpaired) electrons. The van der Waals surface area contributed by atoms with Gasteiger partial charge in [0.05, 0.1) is 5.56 Å². The number of alkyl halides is 2. The van der Waals surface area contributed by atoms with Gasteiger partial charge in [0.1, 0.15) is 10.8 Å². The summed E-state index contributed by atoms with van der Waals surface area (Å²) in [5.74, 6) is -4.52. The van der Waals surface area contributed by atoms with Crippen molar-refractivity contribution in [2.45, 2.75) is 17.3 Å². The van der Waals surface area contributed by atoms with E-state index in [9.17, 15) is 22.8 Å². The van der Waals surface area contributed by atoms with Crippen LogP contribution in [-0.4, -0.2) is 41.2 Å². The maximum absolute atomic E-state index is 12.9. The van der Waals surface area contributed by atoms with Gasteiger partial charge in [-0.2, -0.15) is 8.78 Å². The van der Waals surface area contributed by atoms with E-state index in [1.165, 1.54) is 54.5 Å². The van der Waals surface area contributed by atoms with Crippen molar-refractivity contribution in [2.75, 3.05) is 13.7 Å². The normalized spacial score (nSPS) is 10.7. The Kier molecular flexibility index (Phi) is 7.02. The van der Waals surface area contributed by atoms with Crippen molar-refractivity contribution in [3.8, 4) is 0 Å². The topological polar surface area (TPSA) is 59.5 Å². The monoisotopic (exact) mass is 384 g/mol. The van der Waals surface area contributed by atoms with Gasteiger partial charge in [-0.05, 0) is 41.6 Å². The molecule has 0 spiro atoms. The third-order valence-electron chi connectivity index (χ3n) is 3.28. The summed E-state index contributed by atoms with van der Waals surface area (Å²) in [4.78, 5) is 29.1. The van der Waals surface area contributed by atoms with Gasteiger partial charge in [0.25, 0.3) is 11.7 Å². The highest BCUT2D eigenvalue weighted by Gasteiger charge is 2.19. The number of carbonyl (C=O) groups excluding carboxylic acids is 2. The Bertz CT molecular complexity index is 772. The average Bonchev–Trinajstić information content (AvgIpc) is 2.61. The molecule has 0 bridgehead atoms. The molecule has 0 aliphatic carbocycles. The average molecular weight is 384 g/mol. The van der Waals surface area contributed by atoms with E-state index >= 15 is 0 Å². The SMILES string of the molecule is CN(Cc1ccc(F)cc1)C(=O)COC(=O)c1cccnc1SC(F)F. The third-order valence-corrected chi connectivity index (χ3v) is 4.00. The summed E-state index contributed by atoms with van der Waals surface area (Å²) in [5, 5.41) is -0.167. The maximum Gasteiger partial charge on any atom is 0.341 e. The molecule has 138 valence electrons. The smallest absolute Gasteiger partial charge is 0.341 e. The molecule has 0 atom stereocenters. The molecule has 0 saturated carbocycles. The number of benzene rings is 1. The largest absolute Gasteiger partial charge is 0.452 e. The lowest BCUT2D eigenvalue weighted by Crippen LogP contribution is -2.30. The fourth-order valence-electron chi connectivity index (χ4n) is 1.99. The summed E-state index contributed by atoms with van der Waals surface area (Å²) in [7, 11) is 1.50. The lowest BCUT2D eigenvalue weighted by Gasteiger charge is -2.17. The van der Waals surface area contributed by atoms with Gasteiger partial charge in [-0.15, -0.1) is 0 Å². The predicted octanol–water partition coefficient (Wildman–Crippen LogP) is 3.35.